The van der Waals surface area contributed by atoms with Gasteiger partial charge in [-0.05, 0) is 61.3 Å². The summed E-state index contributed by atoms with van der Waals surface area (Å²) in [7, 11) is 2.15. The minimum absolute atomic E-state index is 0.0480. The average Bonchev–Trinajstić information content (AvgIpc) is 3.09. The summed E-state index contributed by atoms with van der Waals surface area (Å²) < 4.78 is 1.98. The molecule has 31 heavy (non-hydrogen) atoms. The summed E-state index contributed by atoms with van der Waals surface area (Å²) in [5.74, 6) is 0.0913. The first-order chi connectivity index (χ1) is 15.0. The minimum atomic E-state index is 0.0480. The number of benzene rings is 3. The molecule has 0 aliphatic carbocycles. The predicted octanol–water partition coefficient (Wildman–Crippen LogP) is 6.06. The standard InChI is InChI=1S/C27H25ClN2O/c1-18-8-13-24-23(16-18)22-14-15-29(2)26(20-6-4-3-5-7-20)27(22)30(24)25(31)17-19-9-11-21(28)12-10-19/h3-13,16,26H,14-15,17H2,1-2H3. The van der Waals surface area contributed by atoms with E-state index in [0.29, 0.717) is 11.4 Å². The van der Waals surface area contributed by atoms with Gasteiger partial charge in [0.05, 0.1) is 23.7 Å². The van der Waals surface area contributed by atoms with Crippen molar-refractivity contribution < 1.29 is 4.79 Å². The Morgan fingerprint density at radius 2 is 1.77 bits per heavy atom. The fraction of sp³-hybridized carbons (Fsp3) is 0.222. The van der Waals surface area contributed by atoms with Crippen LogP contribution in [0.3, 0.4) is 0 Å². The number of nitrogens with zero attached hydrogens (tertiary/aromatic N) is 2. The quantitative estimate of drug-likeness (QED) is 0.396. The lowest BCUT2D eigenvalue weighted by Crippen LogP contribution is -2.35. The summed E-state index contributed by atoms with van der Waals surface area (Å²) >= 11 is 6.04. The number of carbonyl (C=O) groups is 1. The molecule has 4 heteroatoms. The second-order valence-electron chi connectivity index (χ2n) is 8.46. The minimum Gasteiger partial charge on any atom is -0.294 e. The Kier molecular flexibility index (Phi) is 5.17. The van der Waals surface area contributed by atoms with Crippen molar-refractivity contribution in [2.24, 2.45) is 0 Å². The highest BCUT2D eigenvalue weighted by molar-refractivity contribution is 6.30. The Morgan fingerprint density at radius 1 is 1.03 bits per heavy atom. The number of hydrogen-bond acceptors (Lipinski definition) is 2. The number of carbonyl (C=O) groups excluding carboxylic acids is 1. The van der Waals surface area contributed by atoms with Crippen LogP contribution < -0.4 is 0 Å². The zero-order valence-electron chi connectivity index (χ0n) is 17.8. The molecule has 0 spiro atoms. The van der Waals surface area contributed by atoms with Crippen LogP contribution in [0.25, 0.3) is 10.9 Å². The fourth-order valence-electron chi connectivity index (χ4n) is 4.84. The highest BCUT2D eigenvalue weighted by Gasteiger charge is 2.33. The van der Waals surface area contributed by atoms with Gasteiger partial charge in [0.1, 0.15) is 0 Å². The molecule has 0 saturated heterocycles. The highest BCUT2D eigenvalue weighted by atomic mass is 35.5. The molecule has 0 bridgehead atoms. The van der Waals surface area contributed by atoms with Crippen LogP contribution in [0.5, 0.6) is 0 Å². The summed E-state index contributed by atoms with van der Waals surface area (Å²) in [6, 6.07) is 24.5. The smallest absolute Gasteiger partial charge is 0.235 e. The summed E-state index contributed by atoms with van der Waals surface area (Å²) in [4.78, 5) is 16.1. The van der Waals surface area contributed by atoms with Gasteiger partial charge in [-0.15, -0.1) is 0 Å². The van der Waals surface area contributed by atoms with Crippen LogP contribution in [-0.2, 0) is 12.8 Å². The number of aryl methyl sites for hydroxylation is 1. The van der Waals surface area contributed by atoms with Crippen molar-refractivity contribution in [2.45, 2.75) is 25.8 Å². The Labute approximate surface area is 187 Å². The van der Waals surface area contributed by atoms with Gasteiger partial charge in [0.2, 0.25) is 5.91 Å². The van der Waals surface area contributed by atoms with Crippen LogP contribution in [0.2, 0.25) is 5.02 Å². The molecule has 0 saturated carbocycles. The Hall–Kier alpha value is -2.88. The molecule has 3 aromatic carbocycles. The Morgan fingerprint density at radius 3 is 2.52 bits per heavy atom. The molecule has 1 unspecified atom stereocenters. The first-order valence-electron chi connectivity index (χ1n) is 10.7. The maximum atomic E-state index is 13.7. The second kappa shape index (κ2) is 7.99. The third-order valence-corrected chi connectivity index (χ3v) is 6.57. The van der Waals surface area contributed by atoms with Gasteiger partial charge in [-0.2, -0.15) is 0 Å². The first-order valence-corrected chi connectivity index (χ1v) is 11.1. The molecule has 1 aromatic heterocycles. The van der Waals surface area contributed by atoms with E-state index in [1.54, 1.807) is 0 Å². The number of fused-ring (bicyclic) bond motifs is 3. The SMILES string of the molecule is Cc1ccc2c(c1)c1c(n2C(=O)Cc2ccc(Cl)cc2)C(c2ccccc2)N(C)CC1. The summed E-state index contributed by atoms with van der Waals surface area (Å²) in [6.45, 7) is 3.08. The molecule has 0 amide bonds. The lowest BCUT2D eigenvalue weighted by Gasteiger charge is -2.34. The zero-order chi connectivity index (χ0) is 21.5. The Balaban J connectivity index is 1.71. The summed E-state index contributed by atoms with van der Waals surface area (Å²) in [5, 5.41) is 1.88. The molecule has 5 rings (SSSR count). The molecule has 0 fully saturated rings. The Bertz CT molecular complexity index is 1260. The lowest BCUT2D eigenvalue weighted by molar-refractivity contribution is 0.0909. The first kappa shape index (κ1) is 20.0. The molecular formula is C27H25ClN2O. The van der Waals surface area contributed by atoms with Crippen molar-refractivity contribution in [3.63, 3.8) is 0 Å². The molecule has 3 nitrogen and oxygen atoms in total. The maximum Gasteiger partial charge on any atom is 0.235 e. The highest BCUT2D eigenvalue weighted by Crippen LogP contribution is 2.40. The largest absolute Gasteiger partial charge is 0.294 e. The van der Waals surface area contributed by atoms with E-state index in [1.807, 2.05) is 34.9 Å². The van der Waals surface area contributed by atoms with Gasteiger partial charge in [0.15, 0.2) is 0 Å². The van der Waals surface area contributed by atoms with Crippen LogP contribution in [0.1, 0.15) is 38.8 Å². The number of hydrogen-bond donors (Lipinski definition) is 0. The van der Waals surface area contributed by atoms with E-state index in [4.69, 9.17) is 11.6 Å². The van der Waals surface area contributed by atoms with Crippen LogP contribution in [-0.4, -0.2) is 29.0 Å². The van der Waals surface area contributed by atoms with Crippen LogP contribution in [0.15, 0.2) is 72.8 Å². The van der Waals surface area contributed by atoms with Gasteiger partial charge in [0, 0.05) is 17.0 Å². The van der Waals surface area contributed by atoms with E-state index in [9.17, 15) is 4.79 Å². The van der Waals surface area contributed by atoms with Crippen molar-refractivity contribution in [3.05, 3.63) is 106 Å². The van der Waals surface area contributed by atoms with Gasteiger partial charge in [-0.1, -0.05) is 65.7 Å². The zero-order valence-corrected chi connectivity index (χ0v) is 18.6. The average molecular weight is 429 g/mol. The van der Waals surface area contributed by atoms with Crippen molar-refractivity contribution in [3.8, 4) is 0 Å². The topological polar surface area (TPSA) is 25.2 Å². The van der Waals surface area contributed by atoms with E-state index in [1.165, 1.54) is 22.1 Å². The van der Waals surface area contributed by atoms with Crippen molar-refractivity contribution >= 4 is 28.4 Å². The van der Waals surface area contributed by atoms with E-state index in [2.05, 4.69) is 61.3 Å². The third-order valence-electron chi connectivity index (χ3n) is 6.32. The van der Waals surface area contributed by atoms with Gasteiger partial charge in [0.25, 0.3) is 0 Å². The fourth-order valence-corrected chi connectivity index (χ4v) is 4.96. The lowest BCUT2D eigenvalue weighted by atomic mass is 9.92. The predicted molar refractivity (Wildman–Crippen MR) is 127 cm³/mol. The van der Waals surface area contributed by atoms with E-state index >= 15 is 0 Å². The molecule has 2 heterocycles. The molecule has 1 aliphatic rings. The second-order valence-corrected chi connectivity index (χ2v) is 8.90. The molecule has 156 valence electrons. The van der Waals surface area contributed by atoms with Crippen LogP contribution >= 0.6 is 11.6 Å². The number of halogens is 1. The molecule has 0 N–H and O–H groups in total. The van der Waals surface area contributed by atoms with E-state index in [0.717, 1.165) is 29.7 Å². The van der Waals surface area contributed by atoms with Gasteiger partial charge < -0.3 is 0 Å². The number of likely N-dealkylation sites (N-methyl/N-ethyl adjacent to an activating group) is 1. The molecule has 1 atom stereocenters. The monoisotopic (exact) mass is 428 g/mol. The molecular weight excluding hydrogens is 404 g/mol. The van der Waals surface area contributed by atoms with E-state index < -0.39 is 0 Å². The number of rotatable bonds is 3. The van der Waals surface area contributed by atoms with Crippen molar-refractivity contribution in [1.29, 1.82) is 0 Å². The third kappa shape index (κ3) is 3.58. The van der Waals surface area contributed by atoms with Crippen LogP contribution in [0, 0.1) is 6.92 Å². The van der Waals surface area contributed by atoms with Crippen molar-refractivity contribution in [2.75, 3.05) is 13.6 Å². The van der Waals surface area contributed by atoms with Gasteiger partial charge in [-0.3, -0.25) is 14.3 Å². The summed E-state index contributed by atoms with van der Waals surface area (Å²) in [5.41, 5.74) is 6.82. The molecule has 4 aromatic rings. The van der Waals surface area contributed by atoms with Gasteiger partial charge in [-0.25, -0.2) is 0 Å². The van der Waals surface area contributed by atoms with Crippen molar-refractivity contribution in [1.82, 2.24) is 9.47 Å². The normalized spacial score (nSPS) is 16.4. The molecule has 1 aliphatic heterocycles. The van der Waals surface area contributed by atoms with E-state index in [-0.39, 0.29) is 11.9 Å². The van der Waals surface area contributed by atoms with Gasteiger partial charge >= 0.3 is 0 Å². The molecule has 0 radical (unpaired) electrons. The number of aromatic nitrogens is 1. The summed E-state index contributed by atoms with van der Waals surface area (Å²) in [6.07, 6.45) is 1.28. The maximum absolute atomic E-state index is 13.7. The van der Waals surface area contributed by atoms with Crippen LogP contribution in [0.4, 0.5) is 0 Å².